The highest BCUT2D eigenvalue weighted by atomic mass is 19.1. The van der Waals surface area contributed by atoms with Gasteiger partial charge in [-0.05, 0) is 55.1 Å². The summed E-state index contributed by atoms with van der Waals surface area (Å²) in [5.41, 5.74) is 0.845. The number of rotatable bonds is 1. The molecule has 0 saturated heterocycles. The largest absolute Gasteiger partial charge is 0.508 e. The van der Waals surface area contributed by atoms with Crippen LogP contribution in [0.2, 0.25) is 0 Å². The van der Waals surface area contributed by atoms with Crippen molar-refractivity contribution < 1.29 is 9.50 Å². The fraction of sp³-hybridized carbons (Fsp3) is 0.600. The Balaban J connectivity index is 1.96. The number of halogens is 1. The molecule has 2 fully saturated rings. The van der Waals surface area contributed by atoms with E-state index in [1.54, 1.807) is 12.1 Å². The van der Waals surface area contributed by atoms with Crippen LogP contribution >= 0.6 is 0 Å². The molecule has 0 aliphatic heterocycles. The van der Waals surface area contributed by atoms with Gasteiger partial charge in [-0.25, -0.2) is 4.39 Å². The summed E-state index contributed by atoms with van der Waals surface area (Å²) in [6, 6.07) is 4.69. The van der Waals surface area contributed by atoms with Crippen LogP contribution in [0.4, 0.5) is 4.39 Å². The molecule has 0 aromatic heterocycles. The molecule has 1 nitrogen and oxygen atoms in total. The van der Waals surface area contributed by atoms with E-state index in [9.17, 15) is 9.50 Å². The Labute approximate surface area is 102 Å². The Morgan fingerprint density at radius 2 is 1.59 bits per heavy atom. The number of benzene rings is 1. The minimum atomic E-state index is -0.214. The third kappa shape index (κ3) is 1.94. The number of phenolic OH excluding ortho intramolecular Hbond substituents is 1. The van der Waals surface area contributed by atoms with Crippen LogP contribution < -0.4 is 0 Å². The van der Waals surface area contributed by atoms with Gasteiger partial charge < -0.3 is 5.11 Å². The predicted octanol–water partition coefficient (Wildman–Crippen LogP) is 4.22. The molecular weight excluding hydrogens is 215 g/mol. The Bertz CT molecular complexity index is 393. The van der Waals surface area contributed by atoms with Crippen molar-refractivity contribution in [3.05, 3.63) is 29.6 Å². The van der Waals surface area contributed by atoms with Crippen LogP contribution in [-0.4, -0.2) is 5.11 Å². The van der Waals surface area contributed by atoms with Gasteiger partial charge in [0.15, 0.2) is 0 Å². The van der Waals surface area contributed by atoms with Gasteiger partial charge in [0.25, 0.3) is 0 Å². The molecule has 2 saturated carbocycles. The Hall–Kier alpha value is -1.05. The Morgan fingerprint density at radius 1 is 1.00 bits per heavy atom. The minimum Gasteiger partial charge on any atom is -0.508 e. The van der Waals surface area contributed by atoms with Gasteiger partial charge in [-0.2, -0.15) is 0 Å². The maximum Gasteiger partial charge on any atom is 0.130 e. The van der Waals surface area contributed by atoms with Crippen molar-refractivity contribution in [2.75, 3.05) is 0 Å². The summed E-state index contributed by atoms with van der Waals surface area (Å²) in [5.74, 6) is 1.56. The maximum absolute atomic E-state index is 14.0. The summed E-state index contributed by atoms with van der Waals surface area (Å²) in [7, 11) is 0. The Kier molecular flexibility index (Phi) is 2.81. The number of aromatic hydroxyl groups is 1. The van der Waals surface area contributed by atoms with Crippen LogP contribution in [0.1, 0.15) is 50.0 Å². The van der Waals surface area contributed by atoms with Crippen LogP contribution in [0.3, 0.4) is 0 Å². The fourth-order valence-electron chi connectivity index (χ4n) is 3.97. The monoisotopic (exact) mass is 234 g/mol. The first kappa shape index (κ1) is 11.1. The molecule has 0 heterocycles. The zero-order valence-corrected chi connectivity index (χ0v) is 10.0. The predicted molar refractivity (Wildman–Crippen MR) is 65.5 cm³/mol. The topological polar surface area (TPSA) is 20.2 Å². The van der Waals surface area contributed by atoms with Gasteiger partial charge in [-0.1, -0.05) is 18.9 Å². The molecule has 2 bridgehead atoms. The van der Waals surface area contributed by atoms with Crippen molar-refractivity contribution in [2.24, 2.45) is 11.8 Å². The molecule has 2 aliphatic rings. The first-order chi connectivity index (χ1) is 8.25. The van der Waals surface area contributed by atoms with Crippen LogP contribution in [0.25, 0.3) is 0 Å². The summed E-state index contributed by atoms with van der Waals surface area (Å²) in [6.07, 6.45) is 7.63. The van der Waals surface area contributed by atoms with Crippen LogP contribution in [0.15, 0.2) is 18.2 Å². The second-order valence-electron chi connectivity index (χ2n) is 5.61. The molecule has 0 radical (unpaired) electrons. The lowest BCUT2D eigenvalue weighted by Crippen LogP contribution is -2.31. The third-order valence-electron chi connectivity index (χ3n) is 4.66. The van der Waals surface area contributed by atoms with Crippen LogP contribution in [-0.2, 0) is 0 Å². The van der Waals surface area contributed by atoms with Crippen molar-refractivity contribution >= 4 is 0 Å². The molecule has 1 aromatic carbocycles. The van der Waals surface area contributed by atoms with Crippen molar-refractivity contribution in [2.45, 2.75) is 44.4 Å². The van der Waals surface area contributed by atoms with Gasteiger partial charge in [-0.15, -0.1) is 0 Å². The lowest BCUT2D eigenvalue weighted by molar-refractivity contribution is 0.146. The van der Waals surface area contributed by atoms with Gasteiger partial charge in [0.2, 0.25) is 0 Å². The molecule has 0 spiro atoms. The second-order valence-corrected chi connectivity index (χ2v) is 5.61. The van der Waals surface area contributed by atoms with Gasteiger partial charge >= 0.3 is 0 Å². The van der Waals surface area contributed by atoms with Gasteiger partial charge in [0, 0.05) is 6.07 Å². The first-order valence-electron chi connectivity index (χ1n) is 6.74. The highest BCUT2D eigenvalue weighted by molar-refractivity contribution is 5.31. The van der Waals surface area contributed by atoms with Gasteiger partial charge in [0.05, 0.1) is 0 Å². The van der Waals surface area contributed by atoms with Crippen LogP contribution in [0, 0.1) is 17.7 Å². The number of phenols is 1. The normalized spacial score (nSPS) is 32.4. The summed E-state index contributed by atoms with van der Waals surface area (Å²) in [6.45, 7) is 0. The number of fused-ring (bicyclic) bond motifs is 2. The zero-order valence-electron chi connectivity index (χ0n) is 10.0. The summed E-state index contributed by atoms with van der Waals surface area (Å²) >= 11 is 0. The standard InChI is InChI=1S/C15H19FO/c16-14-9-12(17)7-8-13(14)15-10-3-1-4-11(15)6-2-5-10/h7-11,15,17H,1-6H2. The minimum absolute atomic E-state index is 0.0345. The summed E-state index contributed by atoms with van der Waals surface area (Å²) in [5, 5.41) is 9.30. The number of hydrogen-bond acceptors (Lipinski definition) is 1. The van der Waals surface area contributed by atoms with Crippen molar-refractivity contribution in [1.82, 2.24) is 0 Å². The van der Waals surface area contributed by atoms with E-state index in [0.29, 0.717) is 17.8 Å². The lowest BCUT2D eigenvalue weighted by Gasteiger charge is -2.43. The van der Waals surface area contributed by atoms with Crippen molar-refractivity contribution in [3.63, 3.8) is 0 Å². The number of hydrogen-bond donors (Lipinski definition) is 1. The molecule has 0 amide bonds. The molecule has 2 aliphatic carbocycles. The third-order valence-corrected chi connectivity index (χ3v) is 4.66. The zero-order chi connectivity index (χ0) is 11.8. The molecule has 0 atom stereocenters. The van der Waals surface area contributed by atoms with Gasteiger partial charge in [0.1, 0.15) is 11.6 Å². The first-order valence-corrected chi connectivity index (χ1v) is 6.74. The van der Waals surface area contributed by atoms with Crippen LogP contribution in [0.5, 0.6) is 5.75 Å². The van der Waals surface area contributed by atoms with Crippen molar-refractivity contribution in [3.8, 4) is 5.75 Å². The van der Waals surface area contributed by atoms with E-state index >= 15 is 0 Å². The van der Waals surface area contributed by atoms with E-state index < -0.39 is 0 Å². The molecule has 0 unspecified atom stereocenters. The van der Waals surface area contributed by atoms with E-state index in [0.717, 1.165) is 5.56 Å². The summed E-state index contributed by atoms with van der Waals surface area (Å²) in [4.78, 5) is 0. The average molecular weight is 234 g/mol. The van der Waals surface area contributed by atoms with E-state index in [2.05, 4.69) is 0 Å². The molecule has 92 valence electrons. The summed E-state index contributed by atoms with van der Waals surface area (Å²) < 4.78 is 14.0. The highest BCUT2D eigenvalue weighted by Gasteiger charge is 2.38. The molecule has 1 N–H and O–H groups in total. The fourth-order valence-corrected chi connectivity index (χ4v) is 3.97. The van der Waals surface area contributed by atoms with E-state index in [4.69, 9.17) is 0 Å². The smallest absolute Gasteiger partial charge is 0.130 e. The average Bonchev–Trinajstić information content (AvgIpc) is 2.28. The second kappa shape index (κ2) is 4.32. The van der Waals surface area contributed by atoms with E-state index in [-0.39, 0.29) is 11.6 Å². The lowest BCUT2D eigenvalue weighted by atomic mass is 9.62. The molecule has 1 aromatic rings. The highest BCUT2D eigenvalue weighted by Crippen LogP contribution is 2.50. The molecule has 17 heavy (non-hydrogen) atoms. The maximum atomic E-state index is 14.0. The van der Waals surface area contributed by atoms with Crippen molar-refractivity contribution in [1.29, 1.82) is 0 Å². The SMILES string of the molecule is Oc1ccc(C2C3CCCC2CCC3)c(F)c1. The molecular formula is C15H19FO. The molecule has 3 rings (SSSR count). The van der Waals surface area contributed by atoms with Gasteiger partial charge in [-0.3, -0.25) is 0 Å². The quantitative estimate of drug-likeness (QED) is 0.771. The molecule has 2 heteroatoms. The Morgan fingerprint density at radius 3 is 2.12 bits per heavy atom. The van der Waals surface area contributed by atoms with E-state index in [1.165, 1.54) is 44.6 Å². The van der Waals surface area contributed by atoms with E-state index in [1.807, 2.05) is 0 Å².